The summed E-state index contributed by atoms with van der Waals surface area (Å²) in [7, 11) is 0. The van der Waals surface area contributed by atoms with Gasteiger partial charge in [0.05, 0.1) is 0 Å². The Hall–Kier alpha value is -2.24. The fourth-order valence-electron chi connectivity index (χ4n) is 2.46. The largest absolute Gasteiger partial charge is 0.508 e. The summed E-state index contributed by atoms with van der Waals surface area (Å²) in [5.74, 6) is -0.750. The fourth-order valence-corrected chi connectivity index (χ4v) is 2.46. The van der Waals surface area contributed by atoms with Crippen molar-refractivity contribution in [2.24, 2.45) is 0 Å². The minimum atomic E-state index is -0.622. The van der Waals surface area contributed by atoms with E-state index >= 15 is 0 Å². The second-order valence-electron chi connectivity index (χ2n) is 5.44. The number of unbranched alkanes of at least 4 members (excludes halogenated alkanes) is 4. The van der Waals surface area contributed by atoms with Crippen LogP contribution in [0.4, 0.5) is 0 Å². The molecule has 3 N–H and O–H groups in total. The van der Waals surface area contributed by atoms with Crippen LogP contribution in [0.2, 0.25) is 0 Å². The zero-order valence-corrected chi connectivity index (χ0v) is 12.8. The molecule has 0 fully saturated rings. The monoisotopic (exact) mass is 305 g/mol. The quantitative estimate of drug-likeness (QED) is 0.494. The average molecular weight is 305 g/mol. The third-order valence-electron chi connectivity index (χ3n) is 3.73. The van der Waals surface area contributed by atoms with Crippen molar-refractivity contribution in [2.45, 2.75) is 45.2 Å². The predicted molar refractivity (Wildman–Crippen MR) is 83.5 cm³/mol. The highest BCUT2D eigenvalue weighted by molar-refractivity contribution is 6.19. The number of carbonyl (C=O) groups excluding carboxylic acids is 2. The number of hydrogen-bond donors (Lipinski definition) is 3. The number of aliphatic hydroxyl groups excluding tert-OH is 1. The molecule has 0 aromatic rings. The number of carbonyl (C=O) groups is 2. The molecule has 6 nitrogen and oxygen atoms in total. The molecule has 22 heavy (non-hydrogen) atoms. The number of rotatable bonds is 7. The first kappa shape index (κ1) is 16.1. The fraction of sp³-hybridized carbons (Fsp3) is 0.500. The van der Waals surface area contributed by atoms with Crippen molar-refractivity contribution in [1.82, 2.24) is 15.5 Å². The van der Waals surface area contributed by atoms with E-state index < -0.39 is 12.1 Å². The topological polar surface area (TPSA) is 81.7 Å². The van der Waals surface area contributed by atoms with Gasteiger partial charge in [0, 0.05) is 18.9 Å². The van der Waals surface area contributed by atoms with Crippen molar-refractivity contribution in [1.29, 1.82) is 0 Å². The lowest BCUT2D eigenvalue weighted by atomic mass is 10.1. The molecule has 120 valence electrons. The molecule has 0 saturated heterocycles. The maximum Gasteiger partial charge on any atom is 0.266 e. The van der Waals surface area contributed by atoms with Crippen LogP contribution in [-0.4, -0.2) is 34.5 Å². The van der Waals surface area contributed by atoms with E-state index in [1.807, 2.05) is 0 Å². The van der Waals surface area contributed by atoms with Gasteiger partial charge in [-0.1, -0.05) is 32.6 Å². The van der Waals surface area contributed by atoms with Gasteiger partial charge in [0.25, 0.3) is 11.8 Å². The van der Waals surface area contributed by atoms with Gasteiger partial charge in [-0.15, -0.1) is 0 Å². The molecule has 0 aromatic carbocycles. The van der Waals surface area contributed by atoms with Crippen LogP contribution in [0.25, 0.3) is 0 Å². The van der Waals surface area contributed by atoms with Crippen LogP contribution in [0.3, 0.4) is 0 Å². The molecule has 0 saturated carbocycles. The number of nitrogens with one attached hydrogen (secondary N) is 2. The van der Waals surface area contributed by atoms with Gasteiger partial charge >= 0.3 is 0 Å². The zero-order chi connectivity index (χ0) is 15.9. The highest BCUT2D eigenvalue weighted by Gasteiger charge is 2.34. The van der Waals surface area contributed by atoms with E-state index in [2.05, 4.69) is 17.6 Å². The Morgan fingerprint density at radius 1 is 1.36 bits per heavy atom. The number of allylic oxidation sites excluding steroid dienone is 2. The molecule has 0 aliphatic carbocycles. The number of fused-ring (bicyclic) bond motifs is 1. The Morgan fingerprint density at radius 2 is 2.14 bits per heavy atom. The number of amides is 2. The molecular formula is C16H23N3O3. The summed E-state index contributed by atoms with van der Waals surface area (Å²) in [5.41, 5.74) is 0.0594. The minimum absolute atomic E-state index is 0.0440. The summed E-state index contributed by atoms with van der Waals surface area (Å²) in [6.07, 6.45) is 10.9. The SMILES string of the molecule is CCCCCCCNC(=O)C1=CNC2C(O)=CC=CN2C1=O. The second kappa shape index (κ2) is 7.68. The maximum atomic E-state index is 12.3. The van der Waals surface area contributed by atoms with Crippen molar-refractivity contribution >= 4 is 11.8 Å². The Balaban J connectivity index is 1.84. The van der Waals surface area contributed by atoms with Crippen molar-refractivity contribution in [3.05, 3.63) is 35.9 Å². The number of nitrogens with zero attached hydrogens (tertiary/aromatic N) is 1. The summed E-state index contributed by atoms with van der Waals surface area (Å²) in [6, 6.07) is 0. The van der Waals surface area contributed by atoms with Crippen molar-refractivity contribution in [2.75, 3.05) is 6.54 Å². The smallest absolute Gasteiger partial charge is 0.266 e. The number of aliphatic hydroxyl groups is 1. The standard InChI is InChI=1S/C16H23N3O3/c1-2-3-4-5-6-9-17-15(21)12-11-18-14-13(20)8-7-10-19(14)16(12)22/h7-8,10-11,14,18,20H,2-6,9H2,1H3,(H,17,21). The van der Waals surface area contributed by atoms with Crippen molar-refractivity contribution in [3.63, 3.8) is 0 Å². The highest BCUT2D eigenvalue weighted by atomic mass is 16.3. The van der Waals surface area contributed by atoms with Crippen LogP contribution < -0.4 is 10.6 Å². The Bertz CT molecular complexity index is 523. The Labute approximate surface area is 130 Å². The number of hydrogen-bond acceptors (Lipinski definition) is 4. The Morgan fingerprint density at radius 3 is 2.91 bits per heavy atom. The van der Waals surface area contributed by atoms with Crippen molar-refractivity contribution < 1.29 is 14.7 Å². The lowest BCUT2D eigenvalue weighted by Gasteiger charge is -2.34. The lowest BCUT2D eigenvalue weighted by molar-refractivity contribution is -0.131. The van der Waals surface area contributed by atoms with Crippen LogP contribution in [-0.2, 0) is 9.59 Å². The molecule has 0 bridgehead atoms. The van der Waals surface area contributed by atoms with Gasteiger partial charge in [0.1, 0.15) is 11.3 Å². The predicted octanol–water partition coefficient (Wildman–Crippen LogP) is 1.68. The maximum absolute atomic E-state index is 12.3. The Kier molecular flexibility index (Phi) is 5.63. The van der Waals surface area contributed by atoms with Crippen molar-refractivity contribution in [3.8, 4) is 0 Å². The average Bonchev–Trinajstić information content (AvgIpc) is 2.52. The summed E-state index contributed by atoms with van der Waals surface area (Å²) >= 11 is 0. The van der Waals surface area contributed by atoms with Crippen LogP contribution in [0, 0.1) is 0 Å². The summed E-state index contributed by atoms with van der Waals surface area (Å²) in [4.78, 5) is 25.7. The van der Waals surface area contributed by atoms with Crippen LogP contribution in [0.15, 0.2) is 35.9 Å². The molecule has 1 atom stereocenters. The van der Waals surface area contributed by atoms with Crippen LogP contribution in [0.1, 0.15) is 39.0 Å². The van der Waals surface area contributed by atoms with E-state index in [4.69, 9.17) is 0 Å². The van der Waals surface area contributed by atoms with Gasteiger partial charge in [0.15, 0.2) is 6.17 Å². The van der Waals surface area contributed by atoms with E-state index in [1.165, 1.54) is 36.4 Å². The first-order chi connectivity index (χ1) is 10.6. The van der Waals surface area contributed by atoms with Gasteiger partial charge in [-0.3, -0.25) is 14.5 Å². The summed E-state index contributed by atoms with van der Waals surface area (Å²) in [6.45, 7) is 2.73. The molecule has 1 unspecified atom stereocenters. The second-order valence-corrected chi connectivity index (χ2v) is 5.44. The zero-order valence-electron chi connectivity index (χ0n) is 12.8. The van der Waals surface area contributed by atoms with Gasteiger partial charge in [-0.2, -0.15) is 0 Å². The van der Waals surface area contributed by atoms with E-state index in [0.29, 0.717) is 6.54 Å². The highest BCUT2D eigenvalue weighted by Crippen LogP contribution is 2.19. The first-order valence-corrected chi connectivity index (χ1v) is 7.79. The molecule has 2 amide bonds. The molecule has 2 heterocycles. The molecule has 2 rings (SSSR count). The molecule has 2 aliphatic heterocycles. The molecule has 2 aliphatic rings. The minimum Gasteiger partial charge on any atom is -0.508 e. The molecule has 6 heteroatoms. The van der Waals surface area contributed by atoms with Crippen LogP contribution in [0.5, 0.6) is 0 Å². The van der Waals surface area contributed by atoms with Gasteiger partial charge < -0.3 is 15.7 Å². The third kappa shape index (κ3) is 3.69. The van der Waals surface area contributed by atoms with E-state index in [0.717, 1.165) is 12.8 Å². The van der Waals surface area contributed by atoms with Gasteiger partial charge in [-0.05, 0) is 18.6 Å². The van der Waals surface area contributed by atoms with E-state index in [9.17, 15) is 14.7 Å². The van der Waals surface area contributed by atoms with Gasteiger partial charge in [-0.25, -0.2) is 0 Å². The van der Waals surface area contributed by atoms with Crippen LogP contribution >= 0.6 is 0 Å². The molecule has 0 spiro atoms. The lowest BCUT2D eigenvalue weighted by Crippen LogP contribution is -2.52. The first-order valence-electron chi connectivity index (χ1n) is 7.79. The normalized spacial score (nSPS) is 20.0. The molecule has 0 aromatic heterocycles. The molecule has 0 radical (unpaired) electrons. The summed E-state index contributed by atoms with van der Waals surface area (Å²) < 4.78 is 0. The summed E-state index contributed by atoms with van der Waals surface area (Å²) in [5, 5.41) is 15.3. The molecular weight excluding hydrogens is 282 g/mol. The van der Waals surface area contributed by atoms with Gasteiger partial charge in [0.2, 0.25) is 0 Å². The van der Waals surface area contributed by atoms with E-state index in [-0.39, 0.29) is 17.2 Å². The van der Waals surface area contributed by atoms with E-state index in [1.54, 1.807) is 12.3 Å². The third-order valence-corrected chi connectivity index (χ3v) is 3.73.